The topological polar surface area (TPSA) is 37.4 Å². The maximum Gasteiger partial charge on any atom is 0.242 e. The summed E-state index contributed by atoms with van der Waals surface area (Å²) in [6, 6.07) is 4.59. The second kappa shape index (κ2) is 6.52. The Kier molecular flexibility index (Phi) is 5.92. The maximum atomic E-state index is 12.1. The predicted molar refractivity (Wildman–Crippen MR) is 77.4 cm³/mol. The van der Waals surface area contributed by atoms with E-state index in [1.54, 1.807) is 13.1 Å². The zero-order chi connectivity index (χ0) is 13.1. The molecule has 0 aliphatic rings. The first-order valence-electron chi connectivity index (χ1n) is 4.87. The smallest absolute Gasteiger partial charge is 0.207 e. The summed E-state index contributed by atoms with van der Waals surface area (Å²) in [5, 5.41) is 1.27. The van der Waals surface area contributed by atoms with Crippen molar-refractivity contribution in [2.24, 2.45) is 0 Å². The lowest BCUT2D eigenvalue weighted by Crippen LogP contribution is -2.28. The normalized spacial score (nSPS) is 12.1. The zero-order valence-corrected chi connectivity index (χ0v) is 13.9. The highest BCUT2D eigenvalue weighted by molar-refractivity contribution is 9.10. The summed E-state index contributed by atoms with van der Waals surface area (Å²) in [6.07, 6.45) is 0.768. The van der Waals surface area contributed by atoms with Gasteiger partial charge in [-0.2, -0.15) is 0 Å². The lowest BCUT2D eigenvalue weighted by atomic mass is 10.4. The van der Waals surface area contributed by atoms with Gasteiger partial charge in [-0.1, -0.05) is 27.5 Å². The third-order valence-electron chi connectivity index (χ3n) is 2.21. The molecular formula is C10H12Br2ClNO2S. The van der Waals surface area contributed by atoms with Gasteiger partial charge in [0, 0.05) is 23.4 Å². The molecular weight excluding hydrogens is 393 g/mol. The van der Waals surface area contributed by atoms with Crippen LogP contribution < -0.4 is 0 Å². The minimum Gasteiger partial charge on any atom is -0.207 e. The number of nitrogens with zero attached hydrogens (tertiary/aromatic N) is 1. The first-order chi connectivity index (χ1) is 7.89. The van der Waals surface area contributed by atoms with Crippen LogP contribution in [-0.2, 0) is 10.0 Å². The third-order valence-corrected chi connectivity index (χ3v) is 5.83. The summed E-state index contributed by atoms with van der Waals surface area (Å²) < 4.78 is 26.2. The Morgan fingerprint density at radius 1 is 1.41 bits per heavy atom. The van der Waals surface area contributed by atoms with Gasteiger partial charge in [-0.25, -0.2) is 12.7 Å². The number of benzene rings is 1. The minimum atomic E-state index is -3.43. The average Bonchev–Trinajstić information content (AvgIpc) is 2.29. The highest BCUT2D eigenvalue weighted by atomic mass is 79.9. The Balaban J connectivity index is 3.00. The molecule has 0 spiro atoms. The maximum absolute atomic E-state index is 12.1. The molecule has 0 saturated heterocycles. The molecule has 7 heteroatoms. The van der Waals surface area contributed by atoms with Gasteiger partial charge in [0.05, 0.1) is 9.92 Å². The fourth-order valence-corrected chi connectivity index (χ4v) is 3.35. The first-order valence-corrected chi connectivity index (χ1v) is 8.60. The van der Waals surface area contributed by atoms with Crippen LogP contribution in [0, 0.1) is 0 Å². The monoisotopic (exact) mass is 403 g/mol. The zero-order valence-electron chi connectivity index (χ0n) is 9.16. The van der Waals surface area contributed by atoms with Gasteiger partial charge in [-0.3, -0.25) is 0 Å². The molecule has 0 aliphatic heterocycles. The average molecular weight is 406 g/mol. The molecule has 96 valence electrons. The molecule has 0 unspecified atom stereocenters. The van der Waals surface area contributed by atoms with Crippen LogP contribution in [-0.4, -0.2) is 31.6 Å². The van der Waals surface area contributed by atoms with Crippen molar-refractivity contribution in [2.75, 3.05) is 18.9 Å². The summed E-state index contributed by atoms with van der Waals surface area (Å²) in [5.74, 6) is 0. The molecule has 1 aromatic carbocycles. The van der Waals surface area contributed by atoms with Crippen LogP contribution in [0.5, 0.6) is 0 Å². The van der Waals surface area contributed by atoms with Crippen molar-refractivity contribution < 1.29 is 8.42 Å². The number of hydrogen-bond donors (Lipinski definition) is 0. The van der Waals surface area contributed by atoms with E-state index in [9.17, 15) is 8.42 Å². The summed E-state index contributed by atoms with van der Waals surface area (Å²) in [5.41, 5.74) is 0. The SMILES string of the molecule is CN(CCCBr)S(=O)(=O)c1ccc(Cl)c(Br)c1. The molecule has 0 heterocycles. The Morgan fingerprint density at radius 3 is 2.59 bits per heavy atom. The van der Waals surface area contributed by atoms with Crippen molar-refractivity contribution in [3.05, 3.63) is 27.7 Å². The van der Waals surface area contributed by atoms with Gasteiger partial charge in [-0.05, 0) is 40.5 Å². The standard InChI is InChI=1S/C10H12Br2ClNO2S/c1-14(6-2-5-11)17(15,16)8-3-4-10(13)9(12)7-8/h3-4,7H,2,5-6H2,1H3. The predicted octanol–water partition coefficient (Wildman–Crippen LogP) is 3.51. The highest BCUT2D eigenvalue weighted by Crippen LogP contribution is 2.26. The first kappa shape index (κ1) is 15.4. The number of sulfonamides is 1. The second-order valence-electron chi connectivity index (χ2n) is 3.45. The molecule has 0 aromatic heterocycles. The van der Waals surface area contributed by atoms with Crippen molar-refractivity contribution in [1.82, 2.24) is 4.31 Å². The number of alkyl halides is 1. The second-order valence-corrected chi connectivity index (χ2v) is 7.54. The Labute approximate surface area is 123 Å². The summed E-state index contributed by atoms with van der Waals surface area (Å²) in [4.78, 5) is 0.242. The lowest BCUT2D eigenvalue weighted by molar-refractivity contribution is 0.470. The van der Waals surface area contributed by atoms with Gasteiger partial charge in [0.1, 0.15) is 0 Å². The molecule has 0 bridgehead atoms. The summed E-state index contributed by atoms with van der Waals surface area (Å²) in [6.45, 7) is 0.480. The van der Waals surface area contributed by atoms with E-state index < -0.39 is 10.0 Å². The van der Waals surface area contributed by atoms with Gasteiger partial charge in [0.25, 0.3) is 0 Å². The Morgan fingerprint density at radius 2 is 2.06 bits per heavy atom. The molecule has 0 N–H and O–H groups in total. The van der Waals surface area contributed by atoms with Gasteiger partial charge in [-0.15, -0.1) is 0 Å². The minimum absolute atomic E-state index is 0.242. The van der Waals surface area contributed by atoms with Gasteiger partial charge >= 0.3 is 0 Å². The van der Waals surface area contributed by atoms with E-state index in [2.05, 4.69) is 31.9 Å². The van der Waals surface area contributed by atoms with Crippen molar-refractivity contribution in [1.29, 1.82) is 0 Å². The van der Waals surface area contributed by atoms with E-state index in [4.69, 9.17) is 11.6 Å². The van der Waals surface area contributed by atoms with E-state index in [1.165, 1.54) is 16.4 Å². The van der Waals surface area contributed by atoms with Crippen LogP contribution in [0.1, 0.15) is 6.42 Å². The van der Waals surface area contributed by atoms with Gasteiger partial charge in [0.2, 0.25) is 10.0 Å². The molecule has 0 amide bonds. The lowest BCUT2D eigenvalue weighted by Gasteiger charge is -2.16. The number of hydrogen-bond acceptors (Lipinski definition) is 2. The van der Waals surface area contributed by atoms with E-state index in [1.807, 2.05) is 0 Å². The van der Waals surface area contributed by atoms with Crippen LogP contribution in [0.2, 0.25) is 5.02 Å². The van der Waals surface area contributed by atoms with E-state index >= 15 is 0 Å². The van der Waals surface area contributed by atoms with Crippen LogP contribution in [0.25, 0.3) is 0 Å². The highest BCUT2D eigenvalue weighted by Gasteiger charge is 2.20. The van der Waals surface area contributed by atoms with Gasteiger partial charge < -0.3 is 0 Å². The molecule has 1 rings (SSSR count). The molecule has 3 nitrogen and oxygen atoms in total. The van der Waals surface area contributed by atoms with Crippen LogP contribution in [0.4, 0.5) is 0 Å². The molecule has 0 fully saturated rings. The van der Waals surface area contributed by atoms with Crippen molar-refractivity contribution in [3.8, 4) is 0 Å². The molecule has 0 aliphatic carbocycles. The van der Waals surface area contributed by atoms with Crippen LogP contribution >= 0.6 is 43.5 Å². The summed E-state index contributed by atoms with van der Waals surface area (Å²) >= 11 is 12.3. The van der Waals surface area contributed by atoms with Crippen molar-refractivity contribution in [2.45, 2.75) is 11.3 Å². The number of halogens is 3. The molecule has 17 heavy (non-hydrogen) atoms. The third kappa shape index (κ3) is 3.92. The quantitative estimate of drug-likeness (QED) is 0.703. The van der Waals surface area contributed by atoms with Crippen LogP contribution in [0.3, 0.4) is 0 Å². The van der Waals surface area contributed by atoms with Crippen LogP contribution in [0.15, 0.2) is 27.6 Å². The molecule has 0 atom stereocenters. The molecule has 0 radical (unpaired) electrons. The largest absolute Gasteiger partial charge is 0.242 e. The fourth-order valence-electron chi connectivity index (χ4n) is 1.22. The Bertz CT molecular complexity index is 493. The fraction of sp³-hybridized carbons (Fsp3) is 0.400. The van der Waals surface area contributed by atoms with E-state index in [-0.39, 0.29) is 4.90 Å². The van der Waals surface area contributed by atoms with Gasteiger partial charge in [0.15, 0.2) is 0 Å². The van der Waals surface area contributed by atoms with E-state index in [0.29, 0.717) is 16.0 Å². The van der Waals surface area contributed by atoms with Crippen molar-refractivity contribution >= 4 is 53.5 Å². The number of rotatable bonds is 5. The Hall–Kier alpha value is 0.380. The molecule has 1 aromatic rings. The van der Waals surface area contributed by atoms with Crippen molar-refractivity contribution in [3.63, 3.8) is 0 Å². The van der Waals surface area contributed by atoms with E-state index in [0.717, 1.165) is 11.8 Å². The summed E-state index contributed by atoms with van der Waals surface area (Å²) in [7, 11) is -1.86. The molecule has 0 saturated carbocycles.